The lowest BCUT2D eigenvalue weighted by atomic mass is 9.97. The molecule has 4 rings (SSSR count). The van der Waals surface area contributed by atoms with E-state index in [9.17, 15) is 14.4 Å². The molecule has 0 aliphatic rings. The largest absolute Gasteiger partial charge is 0.453 e. The molecule has 0 radical (unpaired) electrons. The van der Waals surface area contributed by atoms with Crippen molar-refractivity contribution in [3.63, 3.8) is 0 Å². The maximum atomic E-state index is 13.1. The highest BCUT2D eigenvalue weighted by molar-refractivity contribution is 6.30. The van der Waals surface area contributed by atoms with Gasteiger partial charge in [-0.05, 0) is 41.3 Å². The van der Waals surface area contributed by atoms with E-state index in [1.807, 2.05) is 0 Å². The summed E-state index contributed by atoms with van der Waals surface area (Å²) in [5.74, 6) is -1.13. The molecule has 6 nitrogen and oxygen atoms in total. The molecule has 0 aliphatic carbocycles. The summed E-state index contributed by atoms with van der Waals surface area (Å²) in [6.45, 7) is -0.454. The Bertz CT molecular complexity index is 1350. The number of halogens is 1. The lowest BCUT2D eigenvalue weighted by Crippen LogP contribution is -2.27. The van der Waals surface area contributed by atoms with Crippen LogP contribution in [0.3, 0.4) is 0 Å². The normalized spacial score (nSPS) is 10.8. The maximum Gasteiger partial charge on any atom is 0.356 e. The number of Topliss-reactive ketones (excluding diaryl/α,β-unsaturated/α-hetero) is 1. The number of pyridine rings is 2. The van der Waals surface area contributed by atoms with Gasteiger partial charge in [-0.15, -0.1) is 0 Å². The minimum absolute atomic E-state index is 0.0635. The zero-order valence-electron chi connectivity index (χ0n) is 16.5. The Labute approximate surface area is 182 Å². The molecule has 2 aromatic heterocycles. The fourth-order valence-electron chi connectivity index (χ4n) is 3.43. The van der Waals surface area contributed by atoms with Gasteiger partial charge in [0, 0.05) is 41.0 Å². The SMILES string of the molecule is Cn1c(C(=O)OCC(=O)c2ccncc2)c(-c2ccc(Cl)cc2)c2ccccc2c1=O. The zero-order valence-corrected chi connectivity index (χ0v) is 17.3. The monoisotopic (exact) mass is 432 g/mol. The number of hydrogen-bond donors (Lipinski definition) is 0. The van der Waals surface area contributed by atoms with Crippen molar-refractivity contribution in [3.8, 4) is 11.1 Å². The van der Waals surface area contributed by atoms with Crippen LogP contribution in [-0.2, 0) is 11.8 Å². The van der Waals surface area contributed by atoms with Crippen molar-refractivity contribution in [1.82, 2.24) is 9.55 Å². The molecular formula is C24H17ClN2O4. The number of benzene rings is 2. The third kappa shape index (κ3) is 3.98. The Balaban J connectivity index is 1.81. The lowest BCUT2D eigenvalue weighted by molar-refractivity contribution is 0.0465. The first-order valence-electron chi connectivity index (χ1n) is 9.45. The van der Waals surface area contributed by atoms with Crippen LogP contribution >= 0.6 is 11.6 Å². The summed E-state index contributed by atoms with van der Waals surface area (Å²) in [6.07, 6.45) is 2.97. The molecule has 2 aromatic carbocycles. The Morgan fingerprint density at radius 3 is 2.29 bits per heavy atom. The summed E-state index contributed by atoms with van der Waals surface area (Å²) in [5, 5.41) is 1.63. The molecule has 0 aliphatic heterocycles. The standard InChI is InChI=1S/C24H17ClN2O4/c1-27-22(24(30)31-14-20(28)15-10-12-26-13-11-15)21(16-6-8-17(25)9-7-16)18-4-2-3-5-19(18)23(27)29/h2-13H,14H2,1H3. The topological polar surface area (TPSA) is 78.3 Å². The molecule has 0 saturated carbocycles. The second-order valence-corrected chi connectivity index (χ2v) is 7.31. The van der Waals surface area contributed by atoms with Gasteiger partial charge in [0.1, 0.15) is 5.69 Å². The molecule has 0 fully saturated rings. The first-order chi connectivity index (χ1) is 15.0. The van der Waals surface area contributed by atoms with Gasteiger partial charge in [-0.2, -0.15) is 0 Å². The van der Waals surface area contributed by atoms with Crippen molar-refractivity contribution < 1.29 is 14.3 Å². The van der Waals surface area contributed by atoms with Gasteiger partial charge in [-0.1, -0.05) is 41.9 Å². The highest BCUT2D eigenvalue weighted by Crippen LogP contribution is 2.31. The van der Waals surface area contributed by atoms with Crippen LogP contribution in [0.4, 0.5) is 0 Å². The van der Waals surface area contributed by atoms with Crippen molar-refractivity contribution in [2.45, 2.75) is 0 Å². The number of nitrogens with zero attached hydrogens (tertiary/aromatic N) is 2. The summed E-state index contributed by atoms with van der Waals surface area (Å²) in [4.78, 5) is 42.2. The van der Waals surface area contributed by atoms with E-state index in [4.69, 9.17) is 16.3 Å². The number of hydrogen-bond acceptors (Lipinski definition) is 5. The Morgan fingerprint density at radius 1 is 0.968 bits per heavy atom. The average molecular weight is 433 g/mol. The van der Waals surface area contributed by atoms with Crippen LogP contribution < -0.4 is 5.56 Å². The van der Waals surface area contributed by atoms with E-state index in [0.717, 1.165) is 0 Å². The van der Waals surface area contributed by atoms with Gasteiger partial charge in [0.2, 0.25) is 0 Å². The van der Waals surface area contributed by atoms with Gasteiger partial charge in [0.15, 0.2) is 12.4 Å². The average Bonchev–Trinajstić information content (AvgIpc) is 2.80. The molecule has 0 N–H and O–H groups in total. The number of esters is 1. The van der Waals surface area contributed by atoms with Crippen molar-refractivity contribution in [1.29, 1.82) is 0 Å². The van der Waals surface area contributed by atoms with E-state index in [0.29, 0.717) is 32.5 Å². The molecule has 0 atom stereocenters. The summed E-state index contributed by atoms with van der Waals surface area (Å²) in [5.41, 5.74) is 1.35. The van der Waals surface area contributed by atoms with Crippen molar-refractivity contribution in [3.05, 3.63) is 99.7 Å². The van der Waals surface area contributed by atoms with E-state index in [-0.39, 0.29) is 17.0 Å². The molecule has 0 unspecified atom stereocenters. The van der Waals surface area contributed by atoms with Crippen LogP contribution in [0.15, 0.2) is 77.9 Å². The molecular weight excluding hydrogens is 416 g/mol. The van der Waals surface area contributed by atoms with E-state index in [1.54, 1.807) is 60.7 Å². The van der Waals surface area contributed by atoms with Gasteiger partial charge >= 0.3 is 5.97 Å². The van der Waals surface area contributed by atoms with Crippen molar-refractivity contribution >= 4 is 34.1 Å². The molecule has 0 saturated heterocycles. The first-order valence-corrected chi connectivity index (χ1v) is 9.83. The number of rotatable bonds is 5. The summed E-state index contributed by atoms with van der Waals surface area (Å²) in [7, 11) is 1.51. The van der Waals surface area contributed by atoms with Gasteiger partial charge in [-0.3, -0.25) is 14.6 Å². The predicted molar refractivity (Wildman–Crippen MR) is 118 cm³/mol. The number of carbonyl (C=O) groups excluding carboxylic acids is 2. The fraction of sp³-hybridized carbons (Fsp3) is 0.0833. The number of aromatic nitrogens is 2. The number of carbonyl (C=O) groups is 2. The molecule has 31 heavy (non-hydrogen) atoms. The highest BCUT2D eigenvalue weighted by atomic mass is 35.5. The third-order valence-electron chi connectivity index (χ3n) is 4.97. The molecule has 4 aromatic rings. The fourth-order valence-corrected chi connectivity index (χ4v) is 3.56. The second kappa shape index (κ2) is 8.53. The molecule has 0 spiro atoms. The van der Waals surface area contributed by atoms with Crippen LogP contribution in [0.1, 0.15) is 20.8 Å². The molecule has 0 bridgehead atoms. The Kier molecular flexibility index (Phi) is 5.64. The summed E-state index contributed by atoms with van der Waals surface area (Å²) in [6, 6.07) is 17.1. The molecule has 154 valence electrons. The van der Waals surface area contributed by atoms with Gasteiger partial charge in [-0.25, -0.2) is 4.79 Å². The van der Waals surface area contributed by atoms with Crippen molar-refractivity contribution in [2.75, 3.05) is 6.61 Å². The van der Waals surface area contributed by atoms with Crippen LogP contribution in [0.25, 0.3) is 21.9 Å². The van der Waals surface area contributed by atoms with Crippen LogP contribution in [-0.4, -0.2) is 27.9 Å². The van der Waals surface area contributed by atoms with E-state index in [1.165, 1.54) is 24.0 Å². The van der Waals surface area contributed by atoms with E-state index < -0.39 is 12.6 Å². The van der Waals surface area contributed by atoms with E-state index in [2.05, 4.69) is 4.98 Å². The Hall–Kier alpha value is -3.77. The Morgan fingerprint density at radius 2 is 1.61 bits per heavy atom. The number of ether oxygens (including phenoxy) is 1. The first kappa shape index (κ1) is 20.5. The zero-order chi connectivity index (χ0) is 22.0. The minimum atomic E-state index is -0.766. The minimum Gasteiger partial charge on any atom is -0.453 e. The summed E-state index contributed by atoms with van der Waals surface area (Å²) >= 11 is 6.03. The van der Waals surface area contributed by atoms with Crippen LogP contribution in [0.2, 0.25) is 5.02 Å². The molecule has 7 heteroatoms. The maximum absolute atomic E-state index is 13.1. The van der Waals surface area contributed by atoms with Crippen LogP contribution in [0.5, 0.6) is 0 Å². The van der Waals surface area contributed by atoms with E-state index >= 15 is 0 Å². The highest BCUT2D eigenvalue weighted by Gasteiger charge is 2.23. The lowest BCUT2D eigenvalue weighted by Gasteiger charge is -2.16. The third-order valence-corrected chi connectivity index (χ3v) is 5.22. The number of fused-ring (bicyclic) bond motifs is 1. The molecule has 2 heterocycles. The summed E-state index contributed by atoms with van der Waals surface area (Å²) < 4.78 is 6.58. The van der Waals surface area contributed by atoms with Gasteiger partial charge < -0.3 is 9.30 Å². The van der Waals surface area contributed by atoms with Crippen molar-refractivity contribution in [2.24, 2.45) is 7.05 Å². The second-order valence-electron chi connectivity index (χ2n) is 6.88. The van der Waals surface area contributed by atoms with Gasteiger partial charge in [0.25, 0.3) is 5.56 Å². The van der Waals surface area contributed by atoms with Crippen LogP contribution in [0, 0.1) is 0 Å². The predicted octanol–water partition coefficient (Wildman–Crippen LogP) is 4.29. The quantitative estimate of drug-likeness (QED) is 0.347. The number of ketones is 1. The molecule has 0 amide bonds. The smallest absolute Gasteiger partial charge is 0.356 e. The van der Waals surface area contributed by atoms with Gasteiger partial charge in [0.05, 0.1) is 0 Å².